The van der Waals surface area contributed by atoms with Gasteiger partial charge in [-0.2, -0.15) is 11.3 Å². The van der Waals surface area contributed by atoms with Crippen molar-refractivity contribution in [2.75, 3.05) is 26.2 Å². The lowest BCUT2D eigenvalue weighted by Gasteiger charge is -2.34. The highest BCUT2D eigenvalue weighted by molar-refractivity contribution is 7.08. The Kier molecular flexibility index (Phi) is 5.52. The third-order valence-corrected chi connectivity index (χ3v) is 6.56. The molecule has 2 amide bonds. The van der Waals surface area contributed by atoms with Crippen molar-refractivity contribution in [3.05, 3.63) is 69.7 Å². The number of nitrogens with zero attached hydrogens (tertiary/aromatic N) is 5. The smallest absolute Gasteiger partial charge is 0.276 e. The zero-order valence-corrected chi connectivity index (χ0v) is 17.8. The number of piperazine rings is 1. The lowest BCUT2D eigenvalue weighted by molar-refractivity contribution is -0.131. The maximum absolute atomic E-state index is 13.1. The number of amides is 2. The summed E-state index contributed by atoms with van der Waals surface area (Å²) in [4.78, 5) is 29.1. The third kappa shape index (κ3) is 4.11. The van der Waals surface area contributed by atoms with Gasteiger partial charge in [0, 0.05) is 26.2 Å². The molecule has 0 spiro atoms. The van der Waals surface area contributed by atoms with Gasteiger partial charge < -0.3 is 14.5 Å². The minimum absolute atomic E-state index is 0.101. The average Bonchev–Trinajstić information content (AvgIpc) is 3.48. The highest BCUT2D eigenvalue weighted by Crippen LogP contribution is 2.27. The number of rotatable bonds is 4. The van der Waals surface area contributed by atoms with Gasteiger partial charge in [0.05, 0.1) is 25.3 Å². The summed E-state index contributed by atoms with van der Waals surface area (Å²) in [5, 5.41) is 12.4. The van der Waals surface area contributed by atoms with Crippen LogP contribution in [-0.4, -0.2) is 62.8 Å². The summed E-state index contributed by atoms with van der Waals surface area (Å²) in [7, 11) is 0. The second-order valence-electron chi connectivity index (χ2n) is 7.76. The van der Waals surface area contributed by atoms with Gasteiger partial charge in [0.2, 0.25) is 5.91 Å². The first kappa shape index (κ1) is 19.9. The molecule has 2 aliphatic rings. The van der Waals surface area contributed by atoms with Gasteiger partial charge in [0.15, 0.2) is 5.69 Å². The summed E-state index contributed by atoms with van der Waals surface area (Å²) < 4.78 is 7.77. The van der Waals surface area contributed by atoms with Crippen molar-refractivity contribution in [2.24, 2.45) is 0 Å². The monoisotopic (exact) mass is 437 g/mol. The molecule has 1 aromatic carbocycles. The van der Waals surface area contributed by atoms with Crippen LogP contribution in [0.5, 0.6) is 0 Å². The second kappa shape index (κ2) is 8.60. The molecule has 5 rings (SSSR count). The number of carbonyl (C=O) groups excluding carboxylic acids is 2. The number of benzene rings is 1. The van der Waals surface area contributed by atoms with E-state index in [0.717, 1.165) is 11.1 Å². The standard InChI is InChI=1S/C22H23N5O3S/c28-20(12-16-6-11-31-15-16)25-7-9-26(10-8-25)22(29)21-18-14-30-19(13-27(18)24-23-21)17-4-2-1-3-5-17/h1-6,11,15,19H,7-10,12-14H2. The summed E-state index contributed by atoms with van der Waals surface area (Å²) in [6.07, 6.45) is 0.312. The molecule has 2 aromatic heterocycles. The first-order valence-corrected chi connectivity index (χ1v) is 11.3. The van der Waals surface area contributed by atoms with Crippen molar-refractivity contribution in [3.63, 3.8) is 0 Å². The molecule has 31 heavy (non-hydrogen) atoms. The molecule has 1 unspecified atom stereocenters. The molecule has 1 fully saturated rings. The Labute approximate surface area is 184 Å². The molecule has 3 aromatic rings. The summed E-state index contributed by atoms with van der Waals surface area (Å²) in [6, 6.07) is 12.0. The van der Waals surface area contributed by atoms with Gasteiger partial charge in [-0.25, -0.2) is 4.68 Å². The summed E-state index contributed by atoms with van der Waals surface area (Å²) in [6.45, 7) is 2.88. The number of ether oxygens (including phenoxy) is 1. The molecule has 1 saturated heterocycles. The largest absolute Gasteiger partial charge is 0.365 e. The Hall–Kier alpha value is -3.04. The maximum Gasteiger partial charge on any atom is 0.276 e. The predicted octanol–water partition coefficient (Wildman–Crippen LogP) is 2.14. The van der Waals surface area contributed by atoms with E-state index in [4.69, 9.17) is 4.74 Å². The van der Waals surface area contributed by atoms with E-state index in [2.05, 4.69) is 10.3 Å². The topological polar surface area (TPSA) is 80.6 Å². The molecular formula is C22H23N5O3S. The Balaban J connectivity index is 1.20. The first-order chi connectivity index (χ1) is 15.2. The van der Waals surface area contributed by atoms with Gasteiger partial charge in [-0.1, -0.05) is 35.5 Å². The fourth-order valence-electron chi connectivity index (χ4n) is 4.04. The molecule has 9 heteroatoms. The Morgan fingerprint density at radius 2 is 1.84 bits per heavy atom. The van der Waals surface area contributed by atoms with E-state index in [1.54, 1.807) is 20.9 Å². The van der Waals surface area contributed by atoms with Crippen LogP contribution in [0, 0.1) is 0 Å². The van der Waals surface area contributed by atoms with Gasteiger partial charge in [0.25, 0.3) is 5.91 Å². The van der Waals surface area contributed by atoms with E-state index in [9.17, 15) is 9.59 Å². The average molecular weight is 438 g/mol. The van der Waals surface area contributed by atoms with Crippen LogP contribution in [0.1, 0.15) is 33.4 Å². The van der Waals surface area contributed by atoms with Gasteiger partial charge in [-0.3, -0.25) is 9.59 Å². The molecule has 1 atom stereocenters. The summed E-state index contributed by atoms with van der Waals surface area (Å²) in [5.74, 6) is -0.0418. The number of hydrogen-bond donors (Lipinski definition) is 0. The van der Waals surface area contributed by atoms with Crippen LogP contribution in [0.3, 0.4) is 0 Å². The van der Waals surface area contributed by atoms with Crippen LogP contribution in [0.25, 0.3) is 0 Å². The number of aromatic nitrogens is 3. The van der Waals surface area contributed by atoms with Crippen LogP contribution < -0.4 is 0 Å². The van der Waals surface area contributed by atoms with Gasteiger partial charge in [-0.15, -0.1) is 5.10 Å². The summed E-state index contributed by atoms with van der Waals surface area (Å²) >= 11 is 1.59. The molecule has 4 heterocycles. The van der Waals surface area contributed by atoms with Gasteiger partial charge >= 0.3 is 0 Å². The molecule has 8 nitrogen and oxygen atoms in total. The molecule has 0 radical (unpaired) electrons. The molecular weight excluding hydrogens is 414 g/mol. The van der Waals surface area contributed by atoms with Crippen molar-refractivity contribution in [1.82, 2.24) is 24.8 Å². The fourth-order valence-corrected chi connectivity index (χ4v) is 4.70. The molecule has 0 N–H and O–H groups in total. The van der Waals surface area contributed by atoms with E-state index in [1.807, 2.05) is 52.1 Å². The number of carbonyl (C=O) groups is 2. The van der Waals surface area contributed by atoms with Crippen molar-refractivity contribution in [1.29, 1.82) is 0 Å². The highest BCUT2D eigenvalue weighted by atomic mass is 32.1. The van der Waals surface area contributed by atoms with Crippen molar-refractivity contribution in [3.8, 4) is 0 Å². The molecule has 160 valence electrons. The zero-order chi connectivity index (χ0) is 21.2. The quantitative estimate of drug-likeness (QED) is 0.625. The highest BCUT2D eigenvalue weighted by Gasteiger charge is 2.32. The Morgan fingerprint density at radius 3 is 2.58 bits per heavy atom. The number of thiophene rings is 1. The zero-order valence-electron chi connectivity index (χ0n) is 17.0. The number of hydrogen-bond acceptors (Lipinski definition) is 6. The van der Waals surface area contributed by atoms with Crippen LogP contribution in [-0.2, 0) is 29.1 Å². The molecule has 0 aliphatic carbocycles. The fraction of sp³-hybridized carbons (Fsp3) is 0.364. The Morgan fingerprint density at radius 1 is 1.06 bits per heavy atom. The van der Waals surface area contributed by atoms with E-state index in [-0.39, 0.29) is 17.9 Å². The minimum atomic E-state index is -0.145. The van der Waals surface area contributed by atoms with Crippen LogP contribution in [0.2, 0.25) is 0 Å². The van der Waals surface area contributed by atoms with Crippen LogP contribution in [0.4, 0.5) is 0 Å². The lowest BCUT2D eigenvalue weighted by atomic mass is 10.1. The maximum atomic E-state index is 13.1. The van der Waals surface area contributed by atoms with Crippen LogP contribution in [0.15, 0.2) is 47.2 Å². The molecule has 2 aliphatic heterocycles. The van der Waals surface area contributed by atoms with Gasteiger partial charge in [0.1, 0.15) is 6.10 Å². The SMILES string of the molecule is O=C(Cc1ccsc1)N1CCN(C(=O)c2nnn3c2COC(c2ccccc2)C3)CC1. The minimum Gasteiger partial charge on any atom is -0.365 e. The molecule has 0 bridgehead atoms. The first-order valence-electron chi connectivity index (χ1n) is 10.4. The predicted molar refractivity (Wildman–Crippen MR) is 115 cm³/mol. The van der Waals surface area contributed by atoms with E-state index < -0.39 is 0 Å². The van der Waals surface area contributed by atoms with Crippen LogP contribution >= 0.6 is 11.3 Å². The normalized spacial score (nSPS) is 18.6. The second-order valence-corrected chi connectivity index (χ2v) is 8.54. The lowest BCUT2D eigenvalue weighted by Crippen LogP contribution is -2.51. The summed E-state index contributed by atoms with van der Waals surface area (Å²) in [5.41, 5.74) is 3.19. The number of fused-ring (bicyclic) bond motifs is 1. The van der Waals surface area contributed by atoms with E-state index in [1.165, 1.54) is 0 Å². The van der Waals surface area contributed by atoms with Gasteiger partial charge in [-0.05, 0) is 28.0 Å². The van der Waals surface area contributed by atoms with E-state index >= 15 is 0 Å². The van der Waals surface area contributed by atoms with Crippen molar-refractivity contribution >= 4 is 23.2 Å². The van der Waals surface area contributed by atoms with E-state index in [0.29, 0.717) is 57.1 Å². The molecule has 0 saturated carbocycles. The van der Waals surface area contributed by atoms with Crippen molar-refractivity contribution in [2.45, 2.75) is 25.7 Å². The third-order valence-electron chi connectivity index (χ3n) is 5.83. The Bertz CT molecular complexity index is 1060. The van der Waals surface area contributed by atoms with Crippen molar-refractivity contribution < 1.29 is 14.3 Å².